The quantitative estimate of drug-likeness (QED) is 0.599. The van der Waals surface area contributed by atoms with E-state index in [0.717, 1.165) is 17.2 Å². The lowest BCUT2D eigenvalue weighted by molar-refractivity contribution is 0.422. The SMILES string of the molecule is CCCC1CCCC(Nc2ccc(O)c(C)c2)CC1. The van der Waals surface area contributed by atoms with Gasteiger partial charge in [0.2, 0.25) is 0 Å². The Morgan fingerprint density at radius 3 is 2.79 bits per heavy atom. The normalized spacial score (nSPS) is 23.9. The summed E-state index contributed by atoms with van der Waals surface area (Å²) in [7, 11) is 0. The number of rotatable bonds is 4. The predicted molar refractivity (Wildman–Crippen MR) is 81.7 cm³/mol. The van der Waals surface area contributed by atoms with Gasteiger partial charge in [-0.05, 0) is 55.9 Å². The van der Waals surface area contributed by atoms with Crippen LogP contribution in [0.1, 0.15) is 57.4 Å². The molecule has 1 aliphatic carbocycles. The zero-order valence-electron chi connectivity index (χ0n) is 12.3. The molecular weight excluding hydrogens is 234 g/mol. The molecule has 1 aromatic rings. The highest BCUT2D eigenvalue weighted by molar-refractivity contribution is 5.50. The molecule has 2 unspecified atom stereocenters. The van der Waals surface area contributed by atoms with Crippen molar-refractivity contribution in [2.24, 2.45) is 5.92 Å². The van der Waals surface area contributed by atoms with Crippen molar-refractivity contribution in [3.63, 3.8) is 0 Å². The predicted octanol–water partition coefficient (Wildman–Crippen LogP) is 4.86. The Kier molecular flexibility index (Phi) is 5.12. The van der Waals surface area contributed by atoms with Crippen molar-refractivity contribution in [1.82, 2.24) is 0 Å². The monoisotopic (exact) mass is 261 g/mol. The van der Waals surface area contributed by atoms with Crippen molar-refractivity contribution in [2.45, 2.75) is 64.8 Å². The summed E-state index contributed by atoms with van der Waals surface area (Å²) in [6.45, 7) is 4.24. The Bertz CT molecular complexity index is 402. The molecule has 0 radical (unpaired) electrons. The minimum atomic E-state index is 0.384. The lowest BCUT2D eigenvalue weighted by atomic mass is 9.95. The maximum atomic E-state index is 9.56. The van der Waals surface area contributed by atoms with Gasteiger partial charge in [0.15, 0.2) is 0 Å². The van der Waals surface area contributed by atoms with Crippen LogP contribution in [0.4, 0.5) is 5.69 Å². The van der Waals surface area contributed by atoms with Crippen LogP contribution in [-0.2, 0) is 0 Å². The van der Waals surface area contributed by atoms with E-state index in [4.69, 9.17) is 0 Å². The number of benzene rings is 1. The lowest BCUT2D eigenvalue weighted by Gasteiger charge is -2.18. The molecule has 2 nitrogen and oxygen atoms in total. The Hall–Kier alpha value is -1.18. The molecule has 0 heterocycles. The molecule has 0 aliphatic heterocycles. The Morgan fingerprint density at radius 2 is 2.05 bits per heavy atom. The maximum absolute atomic E-state index is 9.56. The number of aromatic hydroxyl groups is 1. The zero-order valence-corrected chi connectivity index (χ0v) is 12.3. The summed E-state index contributed by atoms with van der Waals surface area (Å²) in [5.41, 5.74) is 2.09. The van der Waals surface area contributed by atoms with Crippen LogP contribution in [0.5, 0.6) is 5.75 Å². The van der Waals surface area contributed by atoms with E-state index in [9.17, 15) is 5.11 Å². The van der Waals surface area contributed by atoms with Gasteiger partial charge in [0.25, 0.3) is 0 Å². The highest BCUT2D eigenvalue weighted by atomic mass is 16.3. The zero-order chi connectivity index (χ0) is 13.7. The highest BCUT2D eigenvalue weighted by Crippen LogP contribution is 2.29. The summed E-state index contributed by atoms with van der Waals surface area (Å²) in [4.78, 5) is 0. The molecule has 106 valence electrons. The van der Waals surface area contributed by atoms with Crippen LogP contribution >= 0.6 is 0 Å². The van der Waals surface area contributed by atoms with Crippen molar-refractivity contribution in [3.05, 3.63) is 23.8 Å². The minimum absolute atomic E-state index is 0.384. The van der Waals surface area contributed by atoms with Gasteiger partial charge < -0.3 is 10.4 Å². The Morgan fingerprint density at radius 1 is 1.21 bits per heavy atom. The topological polar surface area (TPSA) is 32.3 Å². The first kappa shape index (κ1) is 14.2. The van der Waals surface area contributed by atoms with Gasteiger partial charge in [-0.25, -0.2) is 0 Å². The summed E-state index contributed by atoms with van der Waals surface area (Å²) in [5, 5.41) is 13.2. The fourth-order valence-electron chi connectivity index (χ4n) is 3.20. The number of anilines is 1. The van der Waals surface area contributed by atoms with E-state index >= 15 is 0 Å². The van der Waals surface area contributed by atoms with Crippen LogP contribution in [0.15, 0.2) is 18.2 Å². The molecule has 2 rings (SSSR count). The fourth-order valence-corrected chi connectivity index (χ4v) is 3.20. The summed E-state index contributed by atoms with van der Waals surface area (Å²) in [6, 6.07) is 6.42. The summed E-state index contributed by atoms with van der Waals surface area (Å²) in [6.07, 6.45) is 9.39. The molecule has 0 amide bonds. The lowest BCUT2D eigenvalue weighted by Crippen LogP contribution is -2.18. The van der Waals surface area contributed by atoms with Crippen molar-refractivity contribution >= 4 is 5.69 Å². The number of hydrogen-bond acceptors (Lipinski definition) is 2. The van der Waals surface area contributed by atoms with E-state index in [2.05, 4.69) is 12.2 Å². The number of aryl methyl sites for hydroxylation is 1. The highest BCUT2D eigenvalue weighted by Gasteiger charge is 2.18. The van der Waals surface area contributed by atoms with Crippen molar-refractivity contribution in [1.29, 1.82) is 0 Å². The number of hydrogen-bond donors (Lipinski definition) is 2. The van der Waals surface area contributed by atoms with Gasteiger partial charge in [-0.3, -0.25) is 0 Å². The molecule has 2 N–H and O–H groups in total. The molecule has 1 saturated carbocycles. The van der Waals surface area contributed by atoms with Gasteiger partial charge in [-0.1, -0.05) is 32.6 Å². The van der Waals surface area contributed by atoms with E-state index in [-0.39, 0.29) is 0 Å². The molecule has 2 atom stereocenters. The van der Waals surface area contributed by atoms with Crippen LogP contribution in [0.25, 0.3) is 0 Å². The molecule has 19 heavy (non-hydrogen) atoms. The fraction of sp³-hybridized carbons (Fsp3) is 0.647. The van der Waals surface area contributed by atoms with Crippen LogP contribution in [0, 0.1) is 12.8 Å². The molecule has 1 fully saturated rings. The molecule has 2 heteroatoms. The second-order valence-electron chi connectivity index (χ2n) is 6.01. The third-order valence-corrected chi connectivity index (χ3v) is 4.35. The third kappa shape index (κ3) is 4.15. The van der Waals surface area contributed by atoms with Gasteiger partial charge in [-0.15, -0.1) is 0 Å². The van der Waals surface area contributed by atoms with E-state index in [1.807, 2.05) is 19.1 Å². The molecule has 1 aromatic carbocycles. The van der Waals surface area contributed by atoms with Gasteiger partial charge in [0.05, 0.1) is 0 Å². The smallest absolute Gasteiger partial charge is 0.118 e. The van der Waals surface area contributed by atoms with Gasteiger partial charge in [0, 0.05) is 11.7 Å². The molecule has 1 aliphatic rings. The van der Waals surface area contributed by atoms with Crippen molar-refractivity contribution in [2.75, 3.05) is 5.32 Å². The molecule has 0 aromatic heterocycles. The second kappa shape index (κ2) is 6.83. The van der Waals surface area contributed by atoms with Gasteiger partial charge in [-0.2, -0.15) is 0 Å². The first-order valence-corrected chi connectivity index (χ1v) is 7.75. The average Bonchev–Trinajstić information content (AvgIpc) is 2.60. The molecule has 0 bridgehead atoms. The molecule has 0 saturated heterocycles. The average molecular weight is 261 g/mol. The van der Waals surface area contributed by atoms with Crippen molar-refractivity contribution < 1.29 is 5.11 Å². The molecule has 0 spiro atoms. The van der Waals surface area contributed by atoms with Crippen LogP contribution in [0.3, 0.4) is 0 Å². The Balaban J connectivity index is 1.90. The number of phenols is 1. The number of nitrogens with one attached hydrogen (secondary N) is 1. The van der Waals surface area contributed by atoms with E-state index in [1.54, 1.807) is 6.07 Å². The van der Waals surface area contributed by atoms with Gasteiger partial charge >= 0.3 is 0 Å². The number of phenolic OH excluding ortho intramolecular Hbond substituents is 1. The minimum Gasteiger partial charge on any atom is -0.508 e. The van der Waals surface area contributed by atoms with Crippen LogP contribution < -0.4 is 5.32 Å². The van der Waals surface area contributed by atoms with Gasteiger partial charge in [0.1, 0.15) is 5.75 Å². The first-order chi connectivity index (χ1) is 9.19. The van der Waals surface area contributed by atoms with Crippen molar-refractivity contribution in [3.8, 4) is 5.75 Å². The second-order valence-corrected chi connectivity index (χ2v) is 6.01. The Labute approximate surface area is 117 Å². The standard InChI is InChI=1S/C17H27NO/c1-3-5-14-6-4-7-15(9-8-14)18-16-10-11-17(19)13(2)12-16/h10-12,14-15,18-19H,3-9H2,1-2H3. The largest absolute Gasteiger partial charge is 0.508 e. The maximum Gasteiger partial charge on any atom is 0.118 e. The summed E-state index contributed by atoms with van der Waals surface area (Å²) < 4.78 is 0. The summed E-state index contributed by atoms with van der Waals surface area (Å²) in [5.74, 6) is 1.33. The third-order valence-electron chi connectivity index (χ3n) is 4.35. The van der Waals surface area contributed by atoms with Crippen LogP contribution in [-0.4, -0.2) is 11.1 Å². The summed E-state index contributed by atoms with van der Waals surface area (Å²) >= 11 is 0. The molecular formula is C17H27NO. The van der Waals surface area contributed by atoms with E-state index in [0.29, 0.717) is 11.8 Å². The van der Waals surface area contributed by atoms with E-state index < -0.39 is 0 Å². The van der Waals surface area contributed by atoms with E-state index in [1.165, 1.54) is 44.9 Å². The van der Waals surface area contributed by atoms with Crippen LogP contribution in [0.2, 0.25) is 0 Å². The first-order valence-electron chi connectivity index (χ1n) is 7.75.